The first kappa shape index (κ1) is 18.3. The summed E-state index contributed by atoms with van der Waals surface area (Å²) in [6, 6.07) is 13.7. The Balaban J connectivity index is 1.12. The highest BCUT2D eigenvalue weighted by Gasteiger charge is 2.54. The largest absolute Gasteiger partial charge is 0.349 e. The first-order valence-electron chi connectivity index (χ1n) is 10.7. The monoisotopic (exact) mass is 413 g/mol. The van der Waals surface area contributed by atoms with Crippen molar-refractivity contribution in [1.29, 1.82) is 0 Å². The SMILES string of the molecule is Cc1cccc2c(C(=O)N[C@H]3CC4(C3)C[C@H](c3n[nH]c(=O)c5ccccc53)C4)cnn12. The molecule has 7 heteroatoms. The lowest BCUT2D eigenvalue weighted by Gasteiger charge is -2.57. The van der Waals surface area contributed by atoms with E-state index in [2.05, 4.69) is 20.6 Å². The molecule has 0 atom stereocenters. The molecule has 7 nitrogen and oxygen atoms in total. The molecule has 3 aromatic heterocycles. The summed E-state index contributed by atoms with van der Waals surface area (Å²) in [5.74, 6) is 0.311. The highest BCUT2D eigenvalue weighted by atomic mass is 16.1. The van der Waals surface area contributed by atoms with Crippen LogP contribution in [0.5, 0.6) is 0 Å². The maximum absolute atomic E-state index is 12.8. The highest BCUT2D eigenvalue weighted by molar-refractivity contribution is 6.00. The summed E-state index contributed by atoms with van der Waals surface area (Å²) in [7, 11) is 0. The Labute approximate surface area is 178 Å². The molecule has 2 aliphatic carbocycles. The molecule has 0 radical (unpaired) electrons. The summed E-state index contributed by atoms with van der Waals surface area (Å²) in [5.41, 5.74) is 3.62. The quantitative estimate of drug-likeness (QED) is 0.539. The Morgan fingerprint density at radius 2 is 1.87 bits per heavy atom. The summed E-state index contributed by atoms with van der Waals surface area (Å²) >= 11 is 0. The summed E-state index contributed by atoms with van der Waals surface area (Å²) in [6.45, 7) is 1.98. The van der Waals surface area contributed by atoms with Crippen molar-refractivity contribution in [1.82, 2.24) is 25.1 Å². The molecule has 1 amide bonds. The summed E-state index contributed by atoms with van der Waals surface area (Å²) in [6.07, 6.45) is 5.75. The first-order chi connectivity index (χ1) is 15.0. The van der Waals surface area contributed by atoms with Gasteiger partial charge in [0.1, 0.15) is 0 Å². The van der Waals surface area contributed by atoms with Crippen LogP contribution in [0.1, 0.15) is 53.3 Å². The third-order valence-electron chi connectivity index (χ3n) is 7.14. The second-order valence-electron chi connectivity index (χ2n) is 9.19. The normalized spacial score (nSPS) is 24.8. The summed E-state index contributed by atoms with van der Waals surface area (Å²) in [4.78, 5) is 24.8. The van der Waals surface area contributed by atoms with E-state index < -0.39 is 0 Å². The average molecular weight is 413 g/mol. The van der Waals surface area contributed by atoms with Crippen LogP contribution >= 0.6 is 0 Å². The number of benzene rings is 1. The molecule has 156 valence electrons. The van der Waals surface area contributed by atoms with Crippen molar-refractivity contribution in [3.63, 3.8) is 0 Å². The van der Waals surface area contributed by atoms with Crippen LogP contribution in [0, 0.1) is 12.3 Å². The van der Waals surface area contributed by atoms with Gasteiger partial charge in [-0.15, -0.1) is 0 Å². The molecule has 31 heavy (non-hydrogen) atoms. The van der Waals surface area contributed by atoms with E-state index in [-0.39, 0.29) is 17.5 Å². The van der Waals surface area contributed by atoms with Crippen LogP contribution in [0.3, 0.4) is 0 Å². The molecule has 0 aliphatic heterocycles. The van der Waals surface area contributed by atoms with Crippen LogP contribution in [0.15, 0.2) is 53.5 Å². The Hall–Kier alpha value is -3.48. The number of nitrogens with one attached hydrogen (secondary N) is 2. The number of amides is 1. The van der Waals surface area contributed by atoms with Crippen molar-refractivity contribution >= 4 is 22.2 Å². The van der Waals surface area contributed by atoms with Crippen molar-refractivity contribution in [3.05, 3.63) is 76.0 Å². The fourth-order valence-electron chi connectivity index (χ4n) is 5.63. The number of aromatic amines is 1. The minimum atomic E-state index is -0.136. The van der Waals surface area contributed by atoms with Crippen molar-refractivity contribution in [2.75, 3.05) is 0 Å². The lowest BCUT2D eigenvalue weighted by Crippen LogP contribution is -2.55. The van der Waals surface area contributed by atoms with Gasteiger partial charge >= 0.3 is 0 Å². The number of fused-ring (bicyclic) bond motifs is 2. The predicted octanol–water partition coefficient (Wildman–Crippen LogP) is 3.34. The van der Waals surface area contributed by atoms with E-state index in [0.717, 1.165) is 48.0 Å². The maximum atomic E-state index is 12.8. The van der Waals surface area contributed by atoms with E-state index in [1.165, 1.54) is 0 Å². The van der Waals surface area contributed by atoms with Crippen LogP contribution in [0.4, 0.5) is 0 Å². The lowest BCUT2D eigenvalue weighted by molar-refractivity contribution is -0.0196. The first-order valence-corrected chi connectivity index (χ1v) is 10.7. The molecule has 0 bridgehead atoms. The van der Waals surface area contributed by atoms with Crippen molar-refractivity contribution < 1.29 is 4.79 Å². The maximum Gasteiger partial charge on any atom is 0.272 e. The number of hydrogen-bond acceptors (Lipinski definition) is 4. The number of rotatable bonds is 3. The molecule has 1 aromatic carbocycles. The van der Waals surface area contributed by atoms with Crippen LogP contribution < -0.4 is 10.9 Å². The highest BCUT2D eigenvalue weighted by Crippen LogP contribution is 2.62. The zero-order chi connectivity index (χ0) is 21.2. The van der Waals surface area contributed by atoms with Crippen LogP contribution in [-0.4, -0.2) is 31.8 Å². The van der Waals surface area contributed by atoms with Crippen LogP contribution in [0.2, 0.25) is 0 Å². The molecule has 1 spiro atoms. The van der Waals surface area contributed by atoms with E-state index in [9.17, 15) is 9.59 Å². The summed E-state index contributed by atoms with van der Waals surface area (Å²) in [5, 5.41) is 16.2. The second kappa shape index (κ2) is 6.51. The third-order valence-corrected chi connectivity index (χ3v) is 7.14. The molecule has 3 heterocycles. The van der Waals surface area contributed by atoms with Gasteiger partial charge in [-0.25, -0.2) is 9.61 Å². The molecule has 2 saturated carbocycles. The molecule has 2 N–H and O–H groups in total. The van der Waals surface area contributed by atoms with E-state index in [1.807, 2.05) is 49.4 Å². The van der Waals surface area contributed by atoms with Crippen molar-refractivity contribution in [2.24, 2.45) is 5.41 Å². The van der Waals surface area contributed by atoms with Crippen molar-refractivity contribution in [3.8, 4) is 0 Å². The average Bonchev–Trinajstić information content (AvgIpc) is 3.15. The van der Waals surface area contributed by atoms with Gasteiger partial charge in [-0.2, -0.15) is 10.2 Å². The van der Waals surface area contributed by atoms with Gasteiger partial charge in [-0.3, -0.25) is 9.59 Å². The van der Waals surface area contributed by atoms with Gasteiger partial charge in [-0.1, -0.05) is 24.3 Å². The van der Waals surface area contributed by atoms with E-state index >= 15 is 0 Å². The van der Waals surface area contributed by atoms with Gasteiger partial charge in [0, 0.05) is 23.0 Å². The smallest absolute Gasteiger partial charge is 0.272 e. The molecule has 6 rings (SSSR count). The standard InChI is InChI=1S/C24H23N5O2/c1-14-5-4-8-20-19(13-25-29(14)20)22(30)26-16-11-24(12-16)9-15(10-24)21-17-6-2-3-7-18(17)23(31)28-27-21/h2-8,13,15-16H,9-12H2,1H3,(H,26,30)(H,28,31)/t15-,16-,24?. The van der Waals surface area contributed by atoms with Gasteiger partial charge in [0.15, 0.2) is 0 Å². The molecule has 2 fully saturated rings. The topological polar surface area (TPSA) is 92.1 Å². The van der Waals surface area contributed by atoms with Crippen LogP contribution in [-0.2, 0) is 0 Å². The van der Waals surface area contributed by atoms with Crippen LogP contribution in [0.25, 0.3) is 16.3 Å². The van der Waals surface area contributed by atoms with Gasteiger partial charge in [0.2, 0.25) is 0 Å². The molecule has 0 unspecified atom stereocenters. The minimum Gasteiger partial charge on any atom is -0.349 e. The van der Waals surface area contributed by atoms with Crippen molar-refractivity contribution in [2.45, 2.75) is 44.6 Å². The predicted molar refractivity (Wildman–Crippen MR) is 117 cm³/mol. The number of H-pyrrole nitrogens is 1. The zero-order valence-electron chi connectivity index (χ0n) is 17.3. The molecular formula is C24H23N5O2. The van der Waals surface area contributed by atoms with E-state index in [0.29, 0.717) is 22.3 Å². The van der Waals surface area contributed by atoms with Gasteiger partial charge in [-0.05, 0) is 56.2 Å². The number of hydrogen-bond donors (Lipinski definition) is 2. The fraction of sp³-hybridized carbons (Fsp3) is 0.333. The zero-order valence-corrected chi connectivity index (χ0v) is 17.3. The number of pyridine rings is 1. The lowest BCUT2D eigenvalue weighted by atomic mass is 9.49. The van der Waals surface area contributed by atoms with Gasteiger partial charge < -0.3 is 5.32 Å². The number of carbonyl (C=O) groups is 1. The molecule has 4 aromatic rings. The second-order valence-corrected chi connectivity index (χ2v) is 9.19. The molecular weight excluding hydrogens is 390 g/mol. The number of aromatic nitrogens is 4. The molecule has 2 aliphatic rings. The minimum absolute atomic E-state index is 0.0513. The Bertz CT molecular complexity index is 1390. The number of aryl methyl sites for hydroxylation is 1. The summed E-state index contributed by atoms with van der Waals surface area (Å²) < 4.78 is 1.80. The number of carbonyl (C=O) groups excluding carboxylic acids is 1. The van der Waals surface area contributed by atoms with E-state index in [1.54, 1.807) is 10.7 Å². The Morgan fingerprint density at radius 1 is 1.10 bits per heavy atom. The number of nitrogens with zero attached hydrogens (tertiary/aromatic N) is 3. The Morgan fingerprint density at radius 3 is 2.68 bits per heavy atom. The third kappa shape index (κ3) is 2.80. The van der Waals surface area contributed by atoms with Gasteiger partial charge in [0.05, 0.1) is 28.4 Å². The fourth-order valence-corrected chi connectivity index (χ4v) is 5.63. The molecule has 0 saturated heterocycles. The van der Waals surface area contributed by atoms with Gasteiger partial charge in [0.25, 0.3) is 11.5 Å². The Kier molecular flexibility index (Phi) is 3.84. The van der Waals surface area contributed by atoms with E-state index in [4.69, 9.17) is 0 Å².